The third-order valence-corrected chi connectivity index (χ3v) is 6.10. The lowest BCUT2D eigenvalue weighted by molar-refractivity contribution is -0.132. The predicted octanol–water partition coefficient (Wildman–Crippen LogP) is 1.72. The van der Waals surface area contributed by atoms with Gasteiger partial charge in [-0.3, -0.25) is 9.48 Å². The van der Waals surface area contributed by atoms with Gasteiger partial charge in [-0.05, 0) is 18.6 Å². The lowest BCUT2D eigenvalue weighted by atomic mass is 10.1. The van der Waals surface area contributed by atoms with Gasteiger partial charge < -0.3 is 4.90 Å². The molecule has 0 bridgehead atoms. The van der Waals surface area contributed by atoms with Gasteiger partial charge in [-0.25, -0.2) is 17.2 Å². The normalized spacial score (nSPS) is 19.5. The second-order valence-electron chi connectivity index (χ2n) is 6.26. The Bertz CT molecular complexity index is 927. The van der Waals surface area contributed by atoms with Gasteiger partial charge in [-0.1, -0.05) is 6.07 Å². The molecule has 3 rings (SSSR count). The Morgan fingerprint density at radius 3 is 2.77 bits per heavy atom. The summed E-state index contributed by atoms with van der Waals surface area (Å²) in [5.41, 5.74) is 0.705. The number of hydrogen-bond acceptors (Lipinski definition) is 4. The summed E-state index contributed by atoms with van der Waals surface area (Å²) in [6.45, 7) is 2.55. The second kappa shape index (κ2) is 7.14. The van der Waals surface area contributed by atoms with Gasteiger partial charge in [-0.15, -0.1) is 0 Å². The van der Waals surface area contributed by atoms with Crippen molar-refractivity contribution in [2.24, 2.45) is 0 Å². The zero-order valence-electron chi connectivity index (χ0n) is 14.2. The summed E-state index contributed by atoms with van der Waals surface area (Å²) in [5, 5.41) is 4.14. The van der Waals surface area contributed by atoms with Gasteiger partial charge >= 0.3 is 0 Å². The number of aromatic nitrogens is 2. The number of carbonyl (C=O) groups is 1. The highest BCUT2D eigenvalue weighted by Gasteiger charge is 2.35. The third kappa shape index (κ3) is 3.92. The largest absolute Gasteiger partial charge is 0.333 e. The molecule has 0 N–H and O–H groups in total. The number of halogens is 2. The minimum Gasteiger partial charge on any atom is -0.333 e. The molecule has 1 amide bonds. The summed E-state index contributed by atoms with van der Waals surface area (Å²) in [6, 6.07) is 2.39. The van der Waals surface area contributed by atoms with Gasteiger partial charge in [0.2, 0.25) is 5.91 Å². The van der Waals surface area contributed by atoms with Gasteiger partial charge in [0.25, 0.3) is 0 Å². The number of rotatable bonds is 4. The molecule has 2 heterocycles. The molecule has 6 nitrogen and oxygen atoms in total. The summed E-state index contributed by atoms with van der Waals surface area (Å²) in [4.78, 5) is 14.2. The molecule has 140 valence electrons. The minimum absolute atomic E-state index is 0.0337. The van der Waals surface area contributed by atoms with E-state index >= 15 is 0 Å². The molecule has 1 aliphatic rings. The van der Waals surface area contributed by atoms with Crippen molar-refractivity contribution in [1.82, 2.24) is 14.7 Å². The zero-order chi connectivity index (χ0) is 18.9. The Hall–Kier alpha value is -2.29. The Kier molecular flexibility index (Phi) is 5.08. The first kappa shape index (κ1) is 18.5. The summed E-state index contributed by atoms with van der Waals surface area (Å²) >= 11 is 0. The molecular weight excluding hydrogens is 364 g/mol. The molecule has 1 atom stereocenters. The number of benzene rings is 1. The van der Waals surface area contributed by atoms with Crippen molar-refractivity contribution in [3.8, 4) is 0 Å². The van der Waals surface area contributed by atoms with Crippen LogP contribution in [0, 0.1) is 11.6 Å². The molecule has 26 heavy (non-hydrogen) atoms. The molecule has 0 unspecified atom stereocenters. The van der Waals surface area contributed by atoms with Gasteiger partial charge in [-0.2, -0.15) is 5.10 Å². The maximum Gasteiger partial charge on any atom is 0.227 e. The fourth-order valence-electron chi connectivity index (χ4n) is 3.04. The first-order valence-electron chi connectivity index (χ1n) is 8.25. The van der Waals surface area contributed by atoms with Crippen LogP contribution in [0.5, 0.6) is 0 Å². The van der Waals surface area contributed by atoms with Crippen LogP contribution >= 0.6 is 0 Å². The topological polar surface area (TPSA) is 72.3 Å². The summed E-state index contributed by atoms with van der Waals surface area (Å²) in [6.07, 6.45) is 3.00. The number of sulfone groups is 1. The van der Waals surface area contributed by atoms with Gasteiger partial charge in [0.1, 0.15) is 11.6 Å². The first-order chi connectivity index (χ1) is 12.3. The maximum atomic E-state index is 13.9. The average Bonchev–Trinajstić information content (AvgIpc) is 3.05. The van der Waals surface area contributed by atoms with Crippen LogP contribution in [0.1, 0.15) is 24.1 Å². The smallest absolute Gasteiger partial charge is 0.227 e. The summed E-state index contributed by atoms with van der Waals surface area (Å²) in [5.74, 6) is -2.24. The van der Waals surface area contributed by atoms with Crippen LogP contribution in [-0.4, -0.2) is 47.1 Å². The van der Waals surface area contributed by atoms with Crippen LogP contribution < -0.4 is 0 Å². The standard InChI is InChI=1S/C17H19F2N3O3S/c1-2-21-10-13(9-20-21)16-11-26(24,25)6-5-22(16)17(23)7-12-3-4-14(18)8-15(12)19/h3-4,8-10,16H,2,5-7,11H2,1H3/t16-/m1/s1. The summed E-state index contributed by atoms with van der Waals surface area (Å²) < 4.78 is 52.7. The lowest BCUT2D eigenvalue weighted by Gasteiger charge is -2.35. The molecular formula is C17H19F2N3O3S. The molecule has 0 radical (unpaired) electrons. The molecule has 1 aromatic carbocycles. The quantitative estimate of drug-likeness (QED) is 0.806. The van der Waals surface area contributed by atoms with Gasteiger partial charge in [0, 0.05) is 30.9 Å². The van der Waals surface area contributed by atoms with E-state index in [1.807, 2.05) is 6.92 Å². The Balaban J connectivity index is 1.86. The van der Waals surface area contributed by atoms with E-state index in [0.29, 0.717) is 12.1 Å². The van der Waals surface area contributed by atoms with Crippen molar-refractivity contribution in [2.75, 3.05) is 18.1 Å². The molecule has 2 aromatic rings. The molecule has 1 aliphatic heterocycles. The van der Waals surface area contributed by atoms with Gasteiger partial charge in [0.05, 0.1) is 30.2 Å². The van der Waals surface area contributed by atoms with Crippen LogP contribution in [0.4, 0.5) is 8.78 Å². The van der Waals surface area contributed by atoms with Crippen LogP contribution in [0.2, 0.25) is 0 Å². The monoisotopic (exact) mass is 383 g/mol. The van der Waals surface area contributed by atoms with E-state index in [0.717, 1.165) is 12.1 Å². The van der Waals surface area contributed by atoms with Crippen molar-refractivity contribution in [1.29, 1.82) is 0 Å². The Morgan fingerprint density at radius 1 is 1.35 bits per heavy atom. The van der Waals surface area contributed by atoms with Crippen LogP contribution in [-0.2, 0) is 27.6 Å². The van der Waals surface area contributed by atoms with Crippen molar-refractivity contribution in [3.63, 3.8) is 0 Å². The van der Waals surface area contributed by atoms with E-state index in [4.69, 9.17) is 0 Å². The number of hydrogen-bond donors (Lipinski definition) is 0. The maximum absolute atomic E-state index is 13.9. The molecule has 0 aliphatic carbocycles. The van der Waals surface area contributed by atoms with Crippen molar-refractivity contribution >= 4 is 15.7 Å². The van der Waals surface area contributed by atoms with Gasteiger partial charge in [0.15, 0.2) is 9.84 Å². The highest BCUT2D eigenvalue weighted by molar-refractivity contribution is 7.91. The van der Waals surface area contributed by atoms with E-state index in [2.05, 4.69) is 5.10 Å². The molecule has 0 spiro atoms. The Morgan fingerprint density at radius 2 is 2.12 bits per heavy atom. The Labute approximate surface area is 150 Å². The minimum atomic E-state index is -3.29. The molecule has 1 aromatic heterocycles. The third-order valence-electron chi connectivity index (χ3n) is 4.47. The zero-order valence-corrected chi connectivity index (χ0v) is 15.0. The van der Waals surface area contributed by atoms with Crippen LogP contribution in [0.3, 0.4) is 0 Å². The van der Waals surface area contributed by atoms with E-state index in [9.17, 15) is 22.0 Å². The van der Waals surface area contributed by atoms with Crippen molar-refractivity contribution in [3.05, 3.63) is 53.4 Å². The molecule has 1 saturated heterocycles. The molecule has 9 heteroatoms. The van der Waals surface area contributed by atoms with E-state index < -0.39 is 33.4 Å². The molecule has 1 fully saturated rings. The van der Waals surface area contributed by atoms with E-state index in [-0.39, 0.29) is 30.0 Å². The highest BCUT2D eigenvalue weighted by Crippen LogP contribution is 2.27. The van der Waals surface area contributed by atoms with Crippen LogP contribution in [0.25, 0.3) is 0 Å². The van der Waals surface area contributed by atoms with Crippen molar-refractivity contribution < 1.29 is 22.0 Å². The number of nitrogens with zero attached hydrogens (tertiary/aromatic N) is 3. The SMILES string of the molecule is CCn1cc([C@H]2CS(=O)(=O)CCN2C(=O)Cc2ccc(F)cc2F)cn1. The second-order valence-corrected chi connectivity index (χ2v) is 8.49. The van der Waals surface area contributed by atoms with E-state index in [1.165, 1.54) is 11.0 Å². The predicted molar refractivity (Wildman–Crippen MR) is 91.1 cm³/mol. The lowest BCUT2D eigenvalue weighted by Crippen LogP contribution is -2.46. The fourth-order valence-corrected chi connectivity index (χ4v) is 4.53. The number of aryl methyl sites for hydroxylation is 1. The molecule has 0 saturated carbocycles. The first-order valence-corrected chi connectivity index (χ1v) is 10.1. The number of amides is 1. The average molecular weight is 383 g/mol. The van der Waals surface area contributed by atoms with Crippen molar-refractivity contribution in [2.45, 2.75) is 25.9 Å². The summed E-state index contributed by atoms with van der Waals surface area (Å²) in [7, 11) is -3.29. The van der Waals surface area contributed by atoms with Crippen LogP contribution in [0.15, 0.2) is 30.6 Å². The fraction of sp³-hybridized carbons (Fsp3) is 0.412. The van der Waals surface area contributed by atoms with E-state index in [1.54, 1.807) is 17.1 Å². The number of carbonyl (C=O) groups excluding carboxylic acids is 1. The highest BCUT2D eigenvalue weighted by atomic mass is 32.2.